The Hall–Kier alpha value is -2.28. The van der Waals surface area contributed by atoms with Gasteiger partial charge in [0, 0.05) is 32.8 Å². The number of cyclic esters (lactones) is 1. The van der Waals surface area contributed by atoms with E-state index in [2.05, 4.69) is 16.3 Å². The maximum Gasteiger partial charge on any atom is 0.415 e. The number of benzene rings is 1. The van der Waals surface area contributed by atoms with Crippen molar-refractivity contribution in [2.24, 2.45) is 0 Å². The lowest BCUT2D eigenvalue weighted by molar-refractivity contribution is -0.119. The number of ether oxygens (including phenoxy) is 2. The Labute approximate surface area is 140 Å². The van der Waals surface area contributed by atoms with Gasteiger partial charge in [0.25, 0.3) is 0 Å². The summed E-state index contributed by atoms with van der Waals surface area (Å²) in [5.74, 6) is -0.118. The molecule has 2 atom stereocenters. The SMILES string of the molecule is COC1CN(c2ccc3c(c2)C[C@H]2[C@H](CNC(C)=O)OC(=O)N32)C1. The molecule has 3 aliphatic rings. The molecule has 0 unspecified atom stereocenters. The van der Waals surface area contributed by atoms with Crippen LogP contribution in [0.4, 0.5) is 16.2 Å². The van der Waals surface area contributed by atoms with Crippen LogP contribution in [0.3, 0.4) is 0 Å². The number of fused-ring (bicyclic) bond motifs is 3. The standard InChI is InChI=1S/C17H21N3O4/c1-10(21)18-7-16-15-6-11-5-12(19-8-13(9-19)23-2)3-4-14(11)20(15)17(22)24-16/h3-5,13,15-16H,6-9H2,1-2H3,(H,18,21)/t15-,16-/m0/s1. The molecule has 0 bridgehead atoms. The Bertz CT molecular complexity index is 686. The number of carbonyl (C=O) groups is 2. The van der Waals surface area contributed by atoms with Gasteiger partial charge in [-0.2, -0.15) is 0 Å². The molecule has 4 rings (SSSR count). The molecular weight excluding hydrogens is 310 g/mol. The molecular formula is C17H21N3O4. The molecule has 2 fully saturated rings. The zero-order chi connectivity index (χ0) is 16.8. The number of methoxy groups -OCH3 is 1. The van der Waals surface area contributed by atoms with E-state index < -0.39 is 0 Å². The number of carbonyl (C=O) groups excluding carboxylic acids is 2. The average molecular weight is 331 g/mol. The smallest absolute Gasteiger partial charge is 0.415 e. The number of amides is 2. The topological polar surface area (TPSA) is 71.1 Å². The largest absolute Gasteiger partial charge is 0.442 e. The van der Waals surface area contributed by atoms with E-state index in [1.807, 2.05) is 12.1 Å². The lowest BCUT2D eigenvalue weighted by Gasteiger charge is -2.40. The molecule has 2 saturated heterocycles. The van der Waals surface area contributed by atoms with E-state index in [-0.39, 0.29) is 24.1 Å². The van der Waals surface area contributed by atoms with Gasteiger partial charge in [0.2, 0.25) is 5.91 Å². The normalized spacial score (nSPS) is 25.2. The molecule has 128 valence electrons. The second-order valence-corrected chi connectivity index (χ2v) is 6.58. The van der Waals surface area contributed by atoms with Gasteiger partial charge in [-0.1, -0.05) is 0 Å². The number of anilines is 2. The van der Waals surface area contributed by atoms with Gasteiger partial charge >= 0.3 is 6.09 Å². The molecule has 7 heteroatoms. The lowest BCUT2D eigenvalue weighted by Crippen LogP contribution is -2.51. The molecule has 24 heavy (non-hydrogen) atoms. The van der Waals surface area contributed by atoms with Crippen molar-refractivity contribution in [3.8, 4) is 0 Å². The Morgan fingerprint density at radius 1 is 1.42 bits per heavy atom. The molecule has 0 saturated carbocycles. The number of nitrogens with one attached hydrogen (secondary N) is 1. The molecule has 0 aliphatic carbocycles. The zero-order valence-corrected chi connectivity index (χ0v) is 13.8. The van der Waals surface area contributed by atoms with Crippen molar-refractivity contribution < 1.29 is 19.1 Å². The van der Waals surface area contributed by atoms with Gasteiger partial charge in [-0.15, -0.1) is 0 Å². The molecule has 0 aromatic heterocycles. The number of hydrogen-bond donors (Lipinski definition) is 1. The first-order valence-electron chi connectivity index (χ1n) is 8.21. The van der Waals surface area contributed by atoms with Crippen molar-refractivity contribution in [2.75, 3.05) is 36.5 Å². The molecule has 7 nitrogen and oxygen atoms in total. The van der Waals surface area contributed by atoms with Crippen molar-refractivity contribution in [2.45, 2.75) is 31.6 Å². The first-order chi connectivity index (χ1) is 11.6. The number of rotatable bonds is 4. The predicted molar refractivity (Wildman–Crippen MR) is 88.4 cm³/mol. The van der Waals surface area contributed by atoms with E-state index >= 15 is 0 Å². The first-order valence-corrected chi connectivity index (χ1v) is 8.21. The second-order valence-electron chi connectivity index (χ2n) is 6.58. The van der Waals surface area contributed by atoms with Crippen LogP contribution in [-0.2, 0) is 20.7 Å². The quantitative estimate of drug-likeness (QED) is 0.888. The highest BCUT2D eigenvalue weighted by molar-refractivity contribution is 5.94. The summed E-state index contributed by atoms with van der Waals surface area (Å²) in [6.07, 6.45) is 0.420. The van der Waals surface area contributed by atoms with Crippen molar-refractivity contribution in [1.82, 2.24) is 5.32 Å². The highest BCUT2D eigenvalue weighted by Gasteiger charge is 2.47. The molecule has 1 aromatic rings. The molecule has 3 aliphatic heterocycles. The van der Waals surface area contributed by atoms with Gasteiger partial charge in [-0.25, -0.2) is 4.79 Å². The summed E-state index contributed by atoms with van der Waals surface area (Å²) in [6.45, 7) is 3.61. The van der Waals surface area contributed by atoms with Crippen LogP contribution in [0.2, 0.25) is 0 Å². The summed E-state index contributed by atoms with van der Waals surface area (Å²) in [5, 5.41) is 2.74. The van der Waals surface area contributed by atoms with Crippen molar-refractivity contribution >= 4 is 23.4 Å². The van der Waals surface area contributed by atoms with E-state index in [1.165, 1.54) is 6.92 Å². The molecule has 3 heterocycles. The van der Waals surface area contributed by atoms with Crippen LogP contribution in [0.5, 0.6) is 0 Å². The van der Waals surface area contributed by atoms with Gasteiger partial charge in [0.05, 0.1) is 24.4 Å². The zero-order valence-electron chi connectivity index (χ0n) is 13.8. The molecule has 1 N–H and O–H groups in total. The van der Waals surface area contributed by atoms with Crippen LogP contribution in [0, 0.1) is 0 Å². The third kappa shape index (κ3) is 2.39. The summed E-state index contributed by atoms with van der Waals surface area (Å²) in [7, 11) is 1.74. The highest BCUT2D eigenvalue weighted by atomic mass is 16.6. The van der Waals surface area contributed by atoms with Gasteiger partial charge in [0.1, 0.15) is 6.10 Å². The number of hydrogen-bond acceptors (Lipinski definition) is 5. The van der Waals surface area contributed by atoms with Crippen LogP contribution in [0.25, 0.3) is 0 Å². The average Bonchev–Trinajstić information content (AvgIpc) is 3.01. The summed E-state index contributed by atoms with van der Waals surface area (Å²) in [4.78, 5) is 27.3. The van der Waals surface area contributed by atoms with Gasteiger partial charge in [-0.05, 0) is 30.2 Å². The molecule has 1 aromatic carbocycles. The minimum atomic E-state index is -0.328. The third-order valence-electron chi connectivity index (χ3n) is 5.06. The minimum absolute atomic E-state index is 0.0438. The monoisotopic (exact) mass is 331 g/mol. The summed E-state index contributed by atoms with van der Waals surface area (Å²) < 4.78 is 10.7. The molecule has 0 radical (unpaired) electrons. The van der Waals surface area contributed by atoms with E-state index in [9.17, 15) is 9.59 Å². The van der Waals surface area contributed by atoms with Gasteiger partial charge in [-0.3, -0.25) is 9.69 Å². The number of nitrogens with zero attached hydrogens (tertiary/aromatic N) is 2. The Morgan fingerprint density at radius 2 is 2.21 bits per heavy atom. The van der Waals surface area contributed by atoms with E-state index in [0.29, 0.717) is 12.6 Å². The van der Waals surface area contributed by atoms with Crippen molar-refractivity contribution in [1.29, 1.82) is 0 Å². The van der Waals surface area contributed by atoms with Crippen molar-refractivity contribution in [3.63, 3.8) is 0 Å². The van der Waals surface area contributed by atoms with Gasteiger partial charge < -0.3 is 19.7 Å². The van der Waals surface area contributed by atoms with Crippen LogP contribution < -0.4 is 15.1 Å². The van der Waals surface area contributed by atoms with E-state index in [1.54, 1.807) is 12.0 Å². The maximum absolute atomic E-state index is 12.2. The third-order valence-corrected chi connectivity index (χ3v) is 5.06. The maximum atomic E-state index is 12.2. The van der Waals surface area contributed by atoms with Crippen LogP contribution in [0.15, 0.2) is 18.2 Å². The summed E-state index contributed by atoms with van der Waals surface area (Å²) in [5.41, 5.74) is 3.24. The first kappa shape index (κ1) is 15.3. The Kier molecular flexibility index (Phi) is 3.60. The van der Waals surface area contributed by atoms with Crippen molar-refractivity contribution in [3.05, 3.63) is 23.8 Å². The molecule has 0 spiro atoms. The summed E-state index contributed by atoms with van der Waals surface area (Å²) in [6, 6.07) is 6.15. The Balaban J connectivity index is 1.51. The Morgan fingerprint density at radius 3 is 2.92 bits per heavy atom. The van der Waals surface area contributed by atoms with Crippen LogP contribution >= 0.6 is 0 Å². The molecule has 2 amide bonds. The van der Waals surface area contributed by atoms with Gasteiger partial charge in [0.15, 0.2) is 0 Å². The van der Waals surface area contributed by atoms with Crippen LogP contribution in [-0.4, -0.2) is 57.0 Å². The lowest BCUT2D eigenvalue weighted by atomic mass is 10.0. The van der Waals surface area contributed by atoms with E-state index in [4.69, 9.17) is 9.47 Å². The minimum Gasteiger partial charge on any atom is -0.442 e. The van der Waals surface area contributed by atoms with Crippen LogP contribution in [0.1, 0.15) is 12.5 Å². The fourth-order valence-corrected chi connectivity index (χ4v) is 3.68. The second kappa shape index (κ2) is 5.66. The summed E-state index contributed by atoms with van der Waals surface area (Å²) >= 11 is 0. The fraction of sp³-hybridized carbons (Fsp3) is 0.529. The predicted octanol–water partition coefficient (Wildman–Crippen LogP) is 0.908. The highest BCUT2D eigenvalue weighted by Crippen LogP contribution is 2.40. The van der Waals surface area contributed by atoms with E-state index in [0.717, 1.165) is 36.4 Å². The fourth-order valence-electron chi connectivity index (χ4n) is 3.68.